The van der Waals surface area contributed by atoms with Crippen LogP contribution in [0.1, 0.15) is 17.3 Å². The number of esters is 1. The van der Waals surface area contributed by atoms with Crippen LogP contribution in [0, 0.1) is 0 Å². The van der Waals surface area contributed by atoms with Crippen LogP contribution in [0.2, 0.25) is 0 Å². The van der Waals surface area contributed by atoms with Crippen LogP contribution in [0.3, 0.4) is 0 Å². The summed E-state index contributed by atoms with van der Waals surface area (Å²) in [6.07, 6.45) is 0.182. The fourth-order valence-electron chi connectivity index (χ4n) is 2.52. The summed E-state index contributed by atoms with van der Waals surface area (Å²) in [6, 6.07) is 13.0. The van der Waals surface area contributed by atoms with Crippen LogP contribution >= 0.6 is 0 Å². The van der Waals surface area contributed by atoms with Crippen molar-refractivity contribution < 1.29 is 27.5 Å². The summed E-state index contributed by atoms with van der Waals surface area (Å²) in [4.78, 5) is 35.4. The molecule has 0 aliphatic rings. The van der Waals surface area contributed by atoms with Crippen LogP contribution < -0.4 is 14.9 Å². The summed E-state index contributed by atoms with van der Waals surface area (Å²) >= 11 is 0. The Kier molecular flexibility index (Phi) is 7.92. The maximum absolute atomic E-state index is 13.2. The zero-order chi connectivity index (χ0) is 23.0. The first-order valence-corrected chi connectivity index (χ1v) is 10.7. The average Bonchev–Trinajstić information content (AvgIpc) is 2.77. The number of benzene rings is 2. The SMILES string of the molecule is C=CCN(c1ccccc1)S(=O)(=O)c1cccc(C(=O)OC(C)C(=O)NC(=O)NC)c1. The molecule has 0 heterocycles. The molecular formula is C21H23N3O6S. The van der Waals surface area contributed by atoms with Gasteiger partial charge in [0.1, 0.15) is 0 Å². The monoisotopic (exact) mass is 445 g/mol. The van der Waals surface area contributed by atoms with Crippen LogP contribution in [0.4, 0.5) is 10.5 Å². The Morgan fingerprint density at radius 2 is 1.81 bits per heavy atom. The third-order valence-electron chi connectivity index (χ3n) is 4.11. The number of hydrogen-bond acceptors (Lipinski definition) is 6. The number of hydrogen-bond donors (Lipinski definition) is 2. The minimum Gasteiger partial charge on any atom is -0.449 e. The van der Waals surface area contributed by atoms with Gasteiger partial charge in [-0.05, 0) is 37.3 Å². The minimum absolute atomic E-state index is 0.0255. The van der Waals surface area contributed by atoms with Crippen molar-refractivity contribution in [1.82, 2.24) is 10.6 Å². The molecule has 0 saturated heterocycles. The number of anilines is 1. The number of ether oxygens (including phenoxy) is 1. The topological polar surface area (TPSA) is 122 Å². The van der Waals surface area contributed by atoms with Gasteiger partial charge >= 0.3 is 12.0 Å². The van der Waals surface area contributed by atoms with E-state index in [0.717, 1.165) is 4.31 Å². The second-order valence-electron chi connectivity index (χ2n) is 6.30. The third kappa shape index (κ3) is 5.92. The molecule has 164 valence electrons. The molecule has 2 aromatic carbocycles. The molecule has 3 amide bonds. The lowest BCUT2D eigenvalue weighted by Gasteiger charge is -2.23. The first kappa shape index (κ1) is 23.6. The van der Waals surface area contributed by atoms with Crippen molar-refractivity contribution in [3.63, 3.8) is 0 Å². The van der Waals surface area contributed by atoms with Crippen LogP contribution in [0.25, 0.3) is 0 Å². The Balaban J connectivity index is 2.27. The number of nitrogens with zero attached hydrogens (tertiary/aromatic N) is 1. The van der Waals surface area contributed by atoms with E-state index in [0.29, 0.717) is 5.69 Å². The summed E-state index contributed by atoms with van der Waals surface area (Å²) in [5, 5.41) is 4.20. The number of urea groups is 1. The fourth-order valence-corrected chi connectivity index (χ4v) is 4.00. The van der Waals surface area contributed by atoms with E-state index in [1.807, 2.05) is 5.32 Å². The summed E-state index contributed by atoms with van der Waals surface area (Å²) < 4.78 is 32.6. The van der Waals surface area contributed by atoms with E-state index in [2.05, 4.69) is 11.9 Å². The summed E-state index contributed by atoms with van der Waals surface area (Å²) in [6.45, 7) is 4.92. The molecule has 2 rings (SSSR count). The van der Waals surface area contributed by atoms with Crippen LogP contribution in [0.5, 0.6) is 0 Å². The minimum atomic E-state index is -4.01. The van der Waals surface area contributed by atoms with Crippen molar-refractivity contribution in [1.29, 1.82) is 0 Å². The molecule has 31 heavy (non-hydrogen) atoms. The van der Waals surface area contributed by atoms with Gasteiger partial charge in [0, 0.05) is 7.05 Å². The van der Waals surface area contributed by atoms with Gasteiger partial charge in [-0.3, -0.25) is 14.4 Å². The molecule has 0 spiro atoms. The highest BCUT2D eigenvalue weighted by molar-refractivity contribution is 7.92. The molecular weight excluding hydrogens is 422 g/mol. The predicted molar refractivity (Wildman–Crippen MR) is 115 cm³/mol. The molecule has 0 aliphatic carbocycles. The summed E-state index contributed by atoms with van der Waals surface area (Å²) in [5.41, 5.74) is 0.377. The number of sulfonamides is 1. The van der Waals surface area contributed by atoms with Crippen molar-refractivity contribution in [3.05, 3.63) is 72.8 Å². The van der Waals surface area contributed by atoms with Gasteiger partial charge in [-0.15, -0.1) is 6.58 Å². The zero-order valence-corrected chi connectivity index (χ0v) is 17.9. The quantitative estimate of drug-likeness (QED) is 0.474. The Hall–Kier alpha value is -3.66. The van der Waals surface area contributed by atoms with Gasteiger partial charge in [0.05, 0.1) is 22.7 Å². The number of amides is 3. The van der Waals surface area contributed by atoms with Crippen molar-refractivity contribution >= 4 is 33.6 Å². The highest BCUT2D eigenvalue weighted by Crippen LogP contribution is 2.24. The van der Waals surface area contributed by atoms with Gasteiger partial charge in [-0.1, -0.05) is 30.3 Å². The molecule has 0 saturated carbocycles. The van der Waals surface area contributed by atoms with Crippen molar-refractivity contribution in [2.45, 2.75) is 17.9 Å². The molecule has 2 aromatic rings. The molecule has 0 bridgehead atoms. The maximum atomic E-state index is 13.2. The van der Waals surface area contributed by atoms with Gasteiger partial charge in [0.15, 0.2) is 6.10 Å². The van der Waals surface area contributed by atoms with Crippen LogP contribution in [-0.2, 0) is 19.6 Å². The largest absolute Gasteiger partial charge is 0.449 e. The molecule has 0 aliphatic heterocycles. The summed E-state index contributed by atoms with van der Waals surface area (Å²) in [5.74, 6) is -1.73. The Morgan fingerprint density at radius 3 is 2.42 bits per heavy atom. The second kappa shape index (κ2) is 10.4. The van der Waals surface area contributed by atoms with Crippen molar-refractivity contribution in [2.24, 2.45) is 0 Å². The fraction of sp³-hybridized carbons (Fsp3) is 0.190. The van der Waals surface area contributed by atoms with Crippen molar-refractivity contribution in [2.75, 3.05) is 17.9 Å². The number of para-hydroxylation sites is 1. The van der Waals surface area contributed by atoms with E-state index in [1.54, 1.807) is 30.3 Å². The van der Waals surface area contributed by atoms with E-state index < -0.39 is 34.0 Å². The lowest BCUT2D eigenvalue weighted by atomic mass is 10.2. The first-order chi connectivity index (χ1) is 14.7. The van der Waals surface area contributed by atoms with Gasteiger partial charge < -0.3 is 10.1 Å². The molecule has 10 heteroatoms. The third-order valence-corrected chi connectivity index (χ3v) is 5.90. The lowest BCUT2D eigenvalue weighted by Crippen LogP contribution is -2.43. The molecule has 0 aromatic heterocycles. The van der Waals surface area contributed by atoms with E-state index in [-0.39, 0.29) is 17.0 Å². The average molecular weight is 445 g/mol. The van der Waals surface area contributed by atoms with Crippen LogP contribution in [-0.4, -0.2) is 46.0 Å². The number of carbonyl (C=O) groups excluding carboxylic acids is 3. The van der Waals surface area contributed by atoms with Gasteiger partial charge in [0.25, 0.3) is 15.9 Å². The number of carbonyl (C=O) groups is 3. The number of nitrogens with one attached hydrogen (secondary N) is 2. The van der Waals surface area contributed by atoms with E-state index in [9.17, 15) is 22.8 Å². The number of rotatable bonds is 8. The van der Waals surface area contributed by atoms with E-state index in [4.69, 9.17) is 4.74 Å². The Labute approximate surface area is 180 Å². The molecule has 9 nitrogen and oxygen atoms in total. The van der Waals surface area contributed by atoms with Crippen LogP contribution in [0.15, 0.2) is 72.1 Å². The smallest absolute Gasteiger partial charge is 0.338 e. The van der Waals surface area contributed by atoms with Crippen molar-refractivity contribution in [3.8, 4) is 0 Å². The first-order valence-electron chi connectivity index (χ1n) is 9.23. The summed E-state index contributed by atoms with van der Waals surface area (Å²) in [7, 11) is -2.68. The number of imide groups is 1. The zero-order valence-electron chi connectivity index (χ0n) is 17.1. The predicted octanol–water partition coefficient (Wildman–Crippen LogP) is 2.07. The second-order valence-corrected chi connectivity index (χ2v) is 8.17. The molecule has 2 N–H and O–H groups in total. The van der Waals surface area contributed by atoms with E-state index in [1.165, 1.54) is 44.3 Å². The standard InChI is InChI=1S/C21H23N3O6S/c1-4-13-24(17-10-6-5-7-11-17)31(28,29)18-12-8-9-16(14-18)20(26)30-15(2)19(25)23-21(27)22-3/h4-12,14-15H,1,13H2,2-3H3,(H2,22,23,25,27). The van der Waals surface area contributed by atoms with Gasteiger partial charge in [-0.2, -0.15) is 0 Å². The molecule has 1 unspecified atom stereocenters. The highest BCUT2D eigenvalue weighted by atomic mass is 32.2. The Bertz CT molecular complexity index is 1070. The van der Waals surface area contributed by atoms with Gasteiger partial charge in [-0.25, -0.2) is 18.0 Å². The van der Waals surface area contributed by atoms with E-state index >= 15 is 0 Å². The molecule has 0 radical (unpaired) electrons. The Morgan fingerprint density at radius 1 is 1.13 bits per heavy atom. The van der Waals surface area contributed by atoms with Gasteiger partial charge in [0.2, 0.25) is 0 Å². The highest BCUT2D eigenvalue weighted by Gasteiger charge is 2.26. The molecule has 0 fully saturated rings. The maximum Gasteiger partial charge on any atom is 0.338 e. The lowest BCUT2D eigenvalue weighted by molar-refractivity contribution is -0.127. The molecule has 1 atom stereocenters. The normalized spacial score (nSPS) is 11.7.